The average Bonchev–Trinajstić information content (AvgIpc) is 3.51. The monoisotopic (exact) mass is 448 g/mol. The molecule has 2 aromatic carbocycles. The summed E-state index contributed by atoms with van der Waals surface area (Å²) in [6.07, 6.45) is 2.81. The van der Waals surface area contributed by atoms with Crippen molar-refractivity contribution >= 4 is 5.96 Å². The fourth-order valence-corrected chi connectivity index (χ4v) is 3.67. The molecule has 2 heterocycles. The van der Waals surface area contributed by atoms with Gasteiger partial charge in [0.25, 0.3) is 0 Å². The van der Waals surface area contributed by atoms with Crippen molar-refractivity contribution in [1.29, 1.82) is 0 Å². The lowest BCUT2D eigenvalue weighted by Gasteiger charge is -2.16. The second-order valence-electron chi connectivity index (χ2n) is 8.42. The van der Waals surface area contributed by atoms with Crippen molar-refractivity contribution in [3.63, 3.8) is 0 Å². The Bertz CT molecular complexity index is 1070. The number of ether oxygens (including phenoxy) is 2. The number of aromatic nitrogens is 1. The zero-order valence-corrected chi connectivity index (χ0v) is 19.6. The number of rotatable bonds is 8. The lowest BCUT2D eigenvalue weighted by atomic mass is 10.1. The molecule has 1 aromatic heterocycles. The Hall–Kier alpha value is -3.32. The van der Waals surface area contributed by atoms with Gasteiger partial charge in [0, 0.05) is 37.2 Å². The molecule has 1 aliphatic rings. The Kier molecular flexibility index (Phi) is 7.62. The molecule has 33 heavy (non-hydrogen) atoms. The standard InChI is InChI=1S/C26H32N4O3/c1-18-4-7-21(8-5-18)24-14-28-25(33-24)15-30-26(27-3)29-13-22-9-6-19(2)12-23(22)32-17-20-10-11-31-16-20/h4-9,12,14,20H,10-11,13,15-17H2,1-3H3,(H2,27,29,30). The minimum absolute atomic E-state index is 0.435. The highest BCUT2D eigenvalue weighted by Crippen LogP contribution is 2.23. The van der Waals surface area contributed by atoms with E-state index in [1.165, 1.54) is 11.1 Å². The van der Waals surface area contributed by atoms with Crippen LogP contribution in [0.25, 0.3) is 11.3 Å². The van der Waals surface area contributed by atoms with Gasteiger partial charge in [0.2, 0.25) is 5.89 Å². The third kappa shape index (κ3) is 6.35. The van der Waals surface area contributed by atoms with Crippen LogP contribution in [0.3, 0.4) is 0 Å². The number of hydrogen-bond donors (Lipinski definition) is 2. The Morgan fingerprint density at radius 1 is 1.09 bits per heavy atom. The van der Waals surface area contributed by atoms with Gasteiger partial charge in [-0.2, -0.15) is 0 Å². The maximum atomic E-state index is 6.14. The van der Waals surface area contributed by atoms with Crippen molar-refractivity contribution < 1.29 is 13.9 Å². The fraction of sp³-hybridized carbons (Fsp3) is 0.385. The normalized spacial score (nSPS) is 16.1. The van der Waals surface area contributed by atoms with E-state index in [0.717, 1.165) is 42.3 Å². The van der Waals surface area contributed by atoms with E-state index < -0.39 is 0 Å². The second-order valence-corrected chi connectivity index (χ2v) is 8.42. The first-order valence-electron chi connectivity index (χ1n) is 11.4. The molecular formula is C26H32N4O3. The molecule has 7 heteroatoms. The number of nitrogens with one attached hydrogen (secondary N) is 2. The van der Waals surface area contributed by atoms with Gasteiger partial charge in [-0.05, 0) is 31.9 Å². The lowest BCUT2D eigenvalue weighted by Crippen LogP contribution is -2.36. The minimum atomic E-state index is 0.435. The highest BCUT2D eigenvalue weighted by atomic mass is 16.5. The molecule has 4 rings (SSSR count). The maximum Gasteiger partial charge on any atom is 0.214 e. The van der Waals surface area contributed by atoms with Gasteiger partial charge in [-0.15, -0.1) is 0 Å². The summed E-state index contributed by atoms with van der Waals surface area (Å²) < 4.78 is 17.5. The molecule has 1 fully saturated rings. The highest BCUT2D eigenvalue weighted by Gasteiger charge is 2.17. The molecule has 1 atom stereocenters. The number of nitrogens with zero attached hydrogens (tertiary/aromatic N) is 2. The van der Waals surface area contributed by atoms with Crippen molar-refractivity contribution in [3.05, 3.63) is 71.2 Å². The summed E-state index contributed by atoms with van der Waals surface area (Å²) in [6, 6.07) is 14.5. The van der Waals surface area contributed by atoms with Gasteiger partial charge in [-0.1, -0.05) is 42.0 Å². The Morgan fingerprint density at radius 3 is 2.64 bits per heavy atom. The predicted molar refractivity (Wildman–Crippen MR) is 129 cm³/mol. The van der Waals surface area contributed by atoms with E-state index in [4.69, 9.17) is 13.9 Å². The van der Waals surface area contributed by atoms with Gasteiger partial charge in [-0.3, -0.25) is 4.99 Å². The van der Waals surface area contributed by atoms with E-state index in [2.05, 4.69) is 64.8 Å². The second kappa shape index (κ2) is 11.0. The summed E-state index contributed by atoms with van der Waals surface area (Å²) in [6.45, 7) is 7.45. The molecule has 0 saturated carbocycles. The first-order valence-corrected chi connectivity index (χ1v) is 11.4. The molecule has 0 amide bonds. The Morgan fingerprint density at radius 2 is 1.88 bits per heavy atom. The first kappa shape index (κ1) is 22.9. The Labute approximate surface area is 195 Å². The van der Waals surface area contributed by atoms with Crippen LogP contribution in [0.4, 0.5) is 0 Å². The predicted octanol–water partition coefficient (Wildman–Crippen LogP) is 4.24. The molecule has 2 N–H and O–H groups in total. The van der Waals surface area contributed by atoms with E-state index in [0.29, 0.717) is 37.5 Å². The van der Waals surface area contributed by atoms with Gasteiger partial charge in [0.15, 0.2) is 11.7 Å². The van der Waals surface area contributed by atoms with Crippen LogP contribution in [0.1, 0.15) is 29.0 Å². The van der Waals surface area contributed by atoms with E-state index in [1.807, 2.05) is 12.1 Å². The molecule has 0 bridgehead atoms. The van der Waals surface area contributed by atoms with Crippen molar-refractivity contribution in [2.75, 3.05) is 26.9 Å². The molecule has 1 aliphatic heterocycles. The third-order valence-electron chi connectivity index (χ3n) is 5.69. The molecule has 3 aromatic rings. The van der Waals surface area contributed by atoms with Gasteiger partial charge in [-0.25, -0.2) is 4.98 Å². The summed E-state index contributed by atoms with van der Waals surface area (Å²) >= 11 is 0. The number of guanidine groups is 1. The van der Waals surface area contributed by atoms with Crippen LogP contribution in [0.2, 0.25) is 0 Å². The SMILES string of the molecule is CN=C(NCc1ncc(-c2ccc(C)cc2)o1)NCc1ccc(C)cc1OCC1CCOC1. The van der Waals surface area contributed by atoms with Crippen LogP contribution in [0.15, 0.2) is 58.1 Å². The van der Waals surface area contributed by atoms with E-state index in [-0.39, 0.29) is 0 Å². The molecule has 1 unspecified atom stereocenters. The summed E-state index contributed by atoms with van der Waals surface area (Å²) in [5.41, 5.74) is 4.48. The quantitative estimate of drug-likeness (QED) is 0.396. The van der Waals surface area contributed by atoms with Crippen molar-refractivity contribution in [3.8, 4) is 17.1 Å². The van der Waals surface area contributed by atoms with Crippen LogP contribution in [-0.2, 0) is 17.8 Å². The first-order chi connectivity index (χ1) is 16.1. The van der Waals surface area contributed by atoms with Gasteiger partial charge in [0.05, 0.1) is 26.0 Å². The molecule has 0 aliphatic carbocycles. The topological polar surface area (TPSA) is 80.9 Å². The van der Waals surface area contributed by atoms with Crippen LogP contribution in [0.5, 0.6) is 5.75 Å². The van der Waals surface area contributed by atoms with Crippen molar-refractivity contribution in [2.24, 2.45) is 10.9 Å². The minimum Gasteiger partial charge on any atom is -0.493 e. The summed E-state index contributed by atoms with van der Waals surface area (Å²) in [4.78, 5) is 8.70. The zero-order chi connectivity index (χ0) is 23.0. The third-order valence-corrected chi connectivity index (χ3v) is 5.69. The largest absolute Gasteiger partial charge is 0.493 e. The van der Waals surface area contributed by atoms with E-state index in [1.54, 1.807) is 13.2 Å². The van der Waals surface area contributed by atoms with Crippen molar-refractivity contribution in [1.82, 2.24) is 15.6 Å². The van der Waals surface area contributed by atoms with E-state index in [9.17, 15) is 0 Å². The fourth-order valence-electron chi connectivity index (χ4n) is 3.67. The van der Waals surface area contributed by atoms with Crippen LogP contribution >= 0.6 is 0 Å². The van der Waals surface area contributed by atoms with Crippen molar-refractivity contribution in [2.45, 2.75) is 33.4 Å². The number of hydrogen-bond acceptors (Lipinski definition) is 5. The molecular weight excluding hydrogens is 416 g/mol. The molecule has 0 radical (unpaired) electrons. The molecule has 0 spiro atoms. The summed E-state index contributed by atoms with van der Waals surface area (Å²) in [7, 11) is 1.75. The smallest absolute Gasteiger partial charge is 0.214 e. The van der Waals surface area contributed by atoms with Gasteiger partial charge >= 0.3 is 0 Å². The summed E-state index contributed by atoms with van der Waals surface area (Å²) in [5.74, 6) is 3.39. The lowest BCUT2D eigenvalue weighted by molar-refractivity contribution is 0.166. The average molecular weight is 449 g/mol. The molecule has 174 valence electrons. The van der Waals surface area contributed by atoms with Crippen LogP contribution in [0, 0.1) is 19.8 Å². The number of oxazole rings is 1. The summed E-state index contributed by atoms with van der Waals surface area (Å²) in [5, 5.41) is 6.62. The maximum absolute atomic E-state index is 6.14. The molecule has 1 saturated heterocycles. The van der Waals surface area contributed by atoms with Gasteiger partial charge in [0.1, 0.15) is 5.75 Å². The highest BCUT2D eigenvalue weighted by molar-refractivity contribution is 5.79. The van der Waals surface area contributed by atoms with E-state index >= 15 is 0 Å². The van der Waals surface area contributed by atoms with Crippen LogP contribution < -0.4 is 15.4 Å². The number of aryl methyl sites for hydroxylation is 2. The molecule has 7 nitrogen and oxygen atoms in total. The van der Waals surface area contributed by atoms with Crippen LogP contribution in [-0.4, -0.2) is 37.8 Å². The number of aliphatic imine (C=N–C) groups is 1. The van der Waals surface area contributed by atoms with Gasteiger partial charge < -0.3 is 24.5 Å². The zero-order valence-electron chi connectivity index (χ0n) is 19.6. The Balaban J connectivity index is 1.31. The number of benzene rings is 2.